The molecule has 4 rings (SSSR count). The highest BCUT2D eigenvalue weighted by Crippen LogP contribution is 2.25. The van der Waals surface area contributed by atoms with Crippen molar-refractivity contribution in [3.05, 3.63) is 83.4 Å². The van der Waals surface area contributed by atoms with Crippen molar-refractivity contribution in [2.45, 2.75) is 26.2 Å². The van der Waals surface area contributed by atoms with Crippen molar-refractivity contribution in [3.63, 3.8) is 0 Å². The van der Waals surface area contributed by atoms with Gasteiger partial charge in [0.05, 0.1) is 14.2 Å². The molecule has 1 heterocycles. The summed E-state index contributed by atoms with van der Waals surface area (Å²) in [5.41, 5.74) is 4.22. The molecule has 0 spiro atoms. The van der Waals surface area contributed by atoms with E-state index in [1.807, 2.05) is 41.3 Å². The van der Waals surface area contributed by atoms with Gasteiger partial charge in [-0.05, 0) is 59.5 Å². The first-order valence-electron chi connectivity index (χ1n) is 12.5. The highest BCUT2D eigenvalue weighted by molar-refractivity contribution is 6.04. The van der Waals surface area contributed by atoms with Gasteiger partial charge in [0.1, 0.15) is 11.5 Å². The maximum absolute atomic E-state index is 13.0. The van der Waals surface area contributed by atoms with Crippen molar-refractivity contribution in [1.29, 1.82) is 0 Å². The normalized spacial score (nSPS) is 13.8. The fourth-order valence-corrected chi connectivity index (χ4v) is 4.36. The predicted molar refractivity (Wildman–Crippen MR) is 147 cm³/mol. The number of hydrogen-bond donors (Lipinski definition) is 1. The van der Waals surface area contributed by atoms with Crippen LogP contribution in [0.25, 0.3) is 0 Å². The second kappa shape index (κ2) is 10.9. The van der Waals surface area contributed by atoms with Gasteiger partial charge in [-0.3, -0.25) is 9.59 Å². The zero-order valence-corrected chi connectivity index (χ0v) is 22.2. The van der Waals surface area contributed by atoms with Gasteiger partial charge in [-0.2, -0.15) is 0 Å². The lowest BCUT2D eigenvalue weighted by Gasteiger charge is -2.36. The number of anilines is 2. The number of nitrogens with zero attached hydrogens (tertiary/aromatic N) is 2. The van der Waals surface area contributed by atoms with Gasteiger partial charge in [0.15, 0.2) is 0 Å². The van der Waals surface area contributed by atoms with Gasteiger partial charge in [0.25, 0.3) is 11.8 Å². The number of hydrogen-bond acceptors (Lipinski definition) is 5. The standard InChI is InChI=1S/C30H35N3O4/c1-30(2,3)23-8-6-21(7-9-23)29(35)33-16-14-32(15-17-33)25-12-10-24(11-13-25)31-28(34)22-18-26(36-4)20-27(19-22)37-5/h6-13,18-20H,14-17H2,1-5H3,(H,31,34). The van der Waals surface area contributed by atoms with Gasteiger partial charge >= 0.3 is 0 Å². The van der Waals surface area contributed by atoms with Crippen LogP contribution in [0.15, 0.2) is 66.7 Å². The number of carbonyl (C=O) groups excluding carboxylic acids is 2. The van der Waals surface area contributed by atoms with E-state index < -0.39 is 0 Å². The van der Waals surface area contributed by atoms with Gasteiger partial charge < -0.3 is 24.6 Å². The van der Waals surface area contributed by atoms with E-state index in [1.165, 1.54) is 5.56 Å². The Bertz CT molecular complexity index is 1220. The third-order valence-corrected chi connectivity index (χ3v) is 6.67. The highest BCUT2D eigenvalue weighted by atomic mass is 16.5. The molecule has 37 heavy (non-hydrogen) atoms. The van der Waals surface area contributed by atoms with E-state index in [0.29, 0.717) is 35.8 Å². The Kier molecular flexibility index (Phi) is 7.71. The molecule has 0 saturated carbocycles. The second-order valence-corrected chi connectivity index (χ2v) is 10.2. The Morgan fingerprint density at radius 3 is 1.84 bits per heavy atom. The van der Waals surface area contributed by atoms with Crippen molar-refractivity contribution in [1.82, 2.24) is 4.90 Å². The summed E-state index contributed by atoms with van der Waals surface area (Å²) >= 11 is 0. The van der Waals surface area contributed by atoms with Crippen molar-refractivity contribution in [2.75, 3.05) is 50.6 Å². The maximum Gasteiger partial charge on any atom is 0.255 e. The van der Waals surface area contributed by atoms with Crippen LogP contribution in [0.3, 0.4) is 0 Å². The van der Waals surface area contributed by atoms with E-state index in [9.17, 15) is 9.59 Å². The quantitative estimate of drug-likeness (QED) is 0.502. The Hall–Kier alpha value is -4.00. The maximum atomic E-state index is 13.0. The summed E-state index contributed by atoms with van der Waals surface area (Å²) in [4.78, 5) is 29.9. The molecule has 0 radical (unpaired) electrons. The summed E-state index contributed by atoms with van der Waals surface area (Å²) in [6.07, 6.45) is 0. The third-order valence-electron chi connectivity index (χ3n) is 6.67. The molecule has 0 unspecified atom stereocenters. The number of nitrogens with one attached hydrogen (secondary N) is 1. The molecule has 7 heteroatoms. The molecule has 1 N–H and O–H groups in total. The van der Waals surface area contributed by atoms with E-state index in [4.69, 9.17) is 9.47 Å². The van der Waals surface area contributed by atoms with E-state index in [1.54, 1.807) is 32.4 Å². The third kappa shape index (κ3) is 6.23. The first-order chi connectivity index (χ1) is 17.7. The van der Waals surface area contributed by atoms with Gasteiger partial charge in [-0.15, -0.1) is 0 Å². The Labute approximate surface area is 219 Å². The molecule has 0 aliphatic carbocycles. The van der Waals surface area contributed by atoms with Crippen LogP contribution < -0.4 is 19.7 Å². The molecular formula is C30H35N3O4. The minimum Gasteiger partial charge on any atom is -0.497 e. The topological polar surface area (TPSA) is 71.1 Å². The Morgan fingerprint density at radius 1 is 0.757 bits per heavy atom. The monoisotopic (exact) mass is 501 g/mol. The molecule has 7 nitrogen and oxygen atoms in total. The van der Waals surface area contributed by atoms with Gasteiger partial charge in [-0.25, -0.2) is 0 Å². The second-order valence-electron chi connectivity index (χ2n) is 10.2. The number of carbonyl (C=O) groups is 2. The smallest absolute Gasteiger partial charge is 0.255 e. The minimum absolute atomic E-state index is 0.0637. The highest BCUT2D eigenvalue weighted by Gasteiger charge is 2.23. The lowest BCUT2D eigenvalue weighted by atomic mass is 9.86. The molecule has 2 amide bonds. The van der Waals surface area contributed by atoms with Crippen LogP contribution in [-0.4, -0.2) is 57.1 Å². The number of ether oxygens (including phenoxy) is 2. The van der Waals surface area contributed by atoms with Crippen molar-refractivity contribution in [2.24, 2.45) is 0 Å². The van der Waals surface area contributed by atoms with Crippen molar-refractivity contribution < 1.29 is 19.1 Å². The summed E-state index contributed by atoms with van der Waals surface area (Å²) in [6, 6.07) is 20.8. The van der Waals surface area contributed by atoms with Crippen LogP contribution >= 0.6 is 0 Å². The summed E-state index contributed by atoms with van der Waals surface area (Å²) in [7, 11) is 3.10. The van der Waals surface area contributed by atoms with Crippen LogP contribution in [0, 0.1) is 0 Å². The largest absolute Gasteiger partial charge is 0.497 e. The number of amides is 2. The molecule has 1 aliphatic heterocycles. The first kappa shape index (κ1) is 26.1. The number of piperazine rings is 1. The van der Waals surface area contributed by atoms with Crippen LogP contribution in [0.4, 0.5) is 11.4 Å². The lowest BCUT2D eigenvalue weighted by Crippen LogP contribution is -2.48. The zero-order chi connectivity index (χ0) is 26.6. The summed E-state index contributed by atoms with van der Waals surface area (Å²) in [6.45, 7) is 9.33. The lowest BCUT2D eigenvalue weighted by molar-refractivity contribution is 0.0746. The fourth-order valence-electron chi connectivity index (χ4n) is 4.36. The molecule has 3 aromatic carbocycles. The van der Waals surface area contributed by atoms with Gasteiger partial charge in [0.2, 0.25) is 0 Å². The summed E-state index contributed by atoms with van der Waals surface area (Å²) in [5, 5.41) is 2.92. The minimum atomic E-state index is -0.243. The number of rotatable bonds is 6. The molecule has 0 aromatic heterocycles. The van der Waals surface area contributed by atoms with Crippen LogP contribution in [0.2, 0.25) is 0 Å². The Morgan fingerprint density at radius 2 is 1.32 bits per heavy atom. The summed E-state index contributed by atoms with van der Waals surface area (Å²) < 4.78 is 10.5. The van der Waals surface area contributed by atoms with Crippen LogP contribution in [0.1, 0.15) is 47.1 Å². The van der Waals surface area contributed by atoms with E-state index in [0.717, 1.165) is 24.3 Å². The predicted octanol–water partition coefficient (Wildman–Crippen LogP) is 5.22. The van der Waals surface area contributed by atoms with E-state index >= 15 is 0 Å². The SMILES string of the molecule is COc1cc(OC)cc(C(=O)Nc2ccc(N3CCN(C(=O)c4ccc(C(C)(C)C)cc4)CC3)cc2)c1. The first-order valence-corrected chi connectivity index (χ1v) is 12.5. The molecule has 1 fully saturated rings. The molecule has 194 valence electrons. The number of benzene rings is 3. The Balaban J connectivity index is 1.33. The molecule has 1 saturated heterocycles. The molecule has 1 aliphatic rings. The van der Waals surface area contributed by atoms with E-state index in [2.05, 4.69) is 43.1 Å². The van der Waals surface area contributed by atoms with Crippen molar-refractivity contribution in [3.8, 4) is 11.5 Å². The van der Waals surface area contributed by atoms with Gasteiger partial charge in [0, 0.05) is 54.7 Å². The van der Waals surface area contributed by atoms with Gasteiger partial charge in [-0.1, -0.05) is 32.9 Å². The average Bonchev–Trinajstić information content (AvgIpc) is 2.92. The molecule has 0 bridgehead atoms. The number of methoxy groups -OCH3 is 2. The molecular weight excluding hydrogens is 466 g/mol. The average molecular weight is 502 g/mol. The fraction of sp³-hybridized carbons (Fsp3) is 0.333. The van der Waals surface area contributed by atoms with Crippen molar-refractivity contribution >= 4 is 23.2 Å². The molecule has 0 atom stereocenters. The van der Waals surface area contributed by atoms with Crippen LogP contribution in [-0.2, 0) is 5.41 Å². The summed E-state index contributed by atoms with van der Waals surface area (Å²) in [5.74, 6) is 0.943. The zero-order valence-electron chi connectivity index (χ0n) is 22.2. The van der Waals surface area contributed by atoms with Crippen LogP contribution in [0.5, 0.6) is 11.5 Å². The molecule has 3 aromatic rings. The van der Waals surface area contributed by atoms with E-state index in [-0.39, 0.29) is 17.2 Å².